The van der Waals surface area contributed by atoms with E-state index in [0.717, 1.165) is 30.0 Å². The number of fused-ring (bicyclic) bond motifs is 2. The molecule has 3 aromatic heterocycles. The summed E-state index contributed by atoms with van der Waals surface area (Å²) < 4.78 is 16.5. The molecule has 1 aliphatic carbocycles. The van der Waals surface area contributed by atoms with E-state index in [2.05, 4.69) is 9.97 Å². The molecule has 4 heterocycles. The molecule has 0 radical (unpaired) electrons. The fraction of sp³-hybridized carbons (Fsp3) is 0.263. The van der Waals surface area contributed by atoms with Crippen LogP contribution in [0.25, 0.3) is 11.0 Å². The van der Waals surface area contributed by atoms with Crippen molar-refractivity contribution in [2.75, 3.05) is 4.90 Å². The van der Waals surface area contributed by atoms with Crippen LogP contribution in [0.2, 0.25) is 0 Å². The molecule has 0 unspecified atom stereocenters. The Balaban J connectivity index is 1.69. The van der Waals surface area contributed by atoms with E-state index in [1.54, 1.807) is 21.9 Å². The lowest BCUT2D eigenvalue weighted by atomic mass is 10.2. The maximum atomic E-state index is 14.8. The SMILES string of the molecule is O=C(O)c1cn(C2CC2)c2nc(N3Cc4ccncc4C3)c(F)cc2c1=O. The molecule has 0 spiro atoms. The highest BCUT2D eigenvalue weighted by molar-refractivity contribution is 5.92. The largest absolute Gasteiger partial charge is 0.477 e. The lowest BCUT2D eigenvalue weighted by Crippen LogP contribution is -2.22. The van der Waals surface area contributed by atoms with E-state index in [1.807, 2.05) is 6.07 Å². The van der Waals surface area contributed by atoms with Crippen molar-refractivity contribution in [2.24, 2.45) is 0 Å². The van der Waals surface area contributed by atoms with Gasteiger partial charge in [0, 0.05) is 37.7 Å². The van der Waals surface area contributed by atoms with Crippen LogP contribution in [0.3, 0.4) is 0 Å². The number of hydrogen-bond donors (Lipinski definition) is 1. The first-order valence-corrected chi connectivity index (χ1v) is 8.68. The van der Waals surface area contributed by atoms with Gasteiger partial charge in [-0.05, 0) is 36.1 Å². The Labute approximate surface area is 152 Å². The number of rotatable bonds is 3. The van der Waals surface area contributed by atoms with Crippen molar-refractivity contribution in [3.63, 3.8) is 0 Å². The van der Waals surface area contributed by atoms with Gasteiger partial charge in [0.25, 0.3) is 0 Å². The highest BCUT2D eigenvalue weighted by Crippen LogP contribution is 2.37. The average Bonchev–Trinajstić information content (AvgIpc) is 3.39. The summed E-state index contributed by atoms with van der Waals surface area (Å²) in [4.78, 5) is 34.3. The van der Waals surface area contributed by atoms with E-state index in [1.165, 1.54) is 6.20 Å². The minimum absolute atomic E-state index is 0.00132. The predicted octanol–water partition coefficient (Wildman–Crippen LogP) is 2.48. The number of pyridine rings is 3. The van der Waals surface area contributed by atoms with Crippen LogP contribution in [0.4, 0.5) is 10.2 Å². The minimum Gasteiger partial charge on any atom is -0.477 e. The molecule has 1 N–H and O–H groups in total. The Hall–Kier alpha value is -3.29. The lowest BCUT2D eigenvalue weighted by Gasteiger charge is -2.19. The highest BCUT2D eigenvalue weighted by Gasteiger charge is 2.29. The Bertz CT molecular complexity index is 1140. The monoisotopic (exact) mass is 366 g/mol. The summed E-state index contributed by atoms with van der Waals surface area (Å²) in [5.74, 6) is -1.79. The van der Waals surface area contributed by atoms with Gasteiger partial charge in [-0.2, -0.15) is 0 Å². The number of carbonyl (C=O) groups is 1. The van der Waals surface area contributed by atoms with Gasteiger partial charge in [0.1, 0.15) is 11.2 Å². The molecule has 0 bridgehead atoms. The van der Waals surface area contributed by atoms with Gasteiger partial charge in [-0.3, -0.25) is 9.78 Å². The van der Waals surface area contributed by atoms with Crippen molar-refractivity contribution in [1.29, 1.82) is 0 Å². The van der Waals surface area contributed by atoms with Gasteiger partial charge in [0.2, 0.25) is 5.43 Å². The zero-order valence-corrected chi connectivity index (χ0v) is 14.2. The Morgan fingerprint density at radius 1 is 1.26 bits per heavy atom. The first-order valence-electron chi connectivity index (χ1n) is 8.68. The van der Waals surface area contributed by atoms with Gasteiger partial charge < -0.3 is 14.6 Å². The standard InChI is InChI=1S/C19H15FN4O3/c20-15-5-13-16(25)14(19(26)27)9-24(12-1-2-12)17(13)22-18(15)23-7-10-3-4-21-6-11(10)8-23/h3-6,9,12H,1-2,7-8H2,(H,26,27). The molecule has 7 nitrogen and oxygen atoms in total. The van der Waals surface area contributed by atoms with E-state index in [4.69, 9.17) is 0 Å². The van der Waals surface area contributed by atoms with Gasteiger partial charge in [-0.25, -0.2) is 14.2 Å². The molecule has 5 rings (SSSR count). The molecule has 0 amide bonds. The van der Waals surface area contributed by atoms with Crippen molar-refractivity contribution < 1.29 is 14.3 Å². The molecule has 0 atom stereocenters. The smallest absolute Gasteiger partial charge is 0.341 e. The number of nitrogens with zero attached hydrogens (tertiary/aromatic N) is 4. The molecule has 0 aromatic carbocycles. The van der Waals surface area contributed by atoms with Crippen LogP contribution < -0.4 is 10.3 Å². The van der Waals surface area contributed by atoms with Crippen molar-refractivity contribution in [3.05, 3.63) is 63.5 Å². The summed E-state index contributed by atoms with van der Waals surface area (Å²) in [5.41, 5.74) is 1.34. The summed E-state index contributed by atoms with van der Waals surface area (Å²) >= 11 is 0. The van der Waals surface area contributed by atoms with Gasteiger partial charge in [0.15, 0.2) is 11.6 Å². The molecular formula is C19H15FN4O3. The third kappa shape index (κ3) is 2.48. The number of aromatic nitrogens is 3. The van der Waals surface area contributed by atoms with Crippen molar-refractivity contribution in [2.45, 2.75) is 32.0 Å². The number of carboxylic acids is 1. The van der Waals surface area contributed by atoms with Gasteiger partial charge in [0.05, 0.1) is 5.39 Å². The second-order valence-electron chi connectivity index (χ2n) is 6.98. The third-order valence-electron chi connectivity index (χ3n) is 5.14. The number of aromatic carboxylic acids is 1. The molecular weight excluding hydrogens is 351 g/mol. The van der Waals surface area contributed by atoms with E-state index in [0.29, 0.717) is 18.7 Å². The van der Waals surface area contributed by atoms with Crippen LogP contribution in [0, 0.1) is 5.82 Å². The quantitative estimate of drug-likeness (QED) is 0.766. The van der Waals surface area contributed by atoms with E-state index in [-0.39, 0.29) is 22.8 Å². The maximum absolute atomic E-state index is 14.8. The van der Waals surface area contributed by atoms with Crippen LogP contribution >= 0.6 is 0 Å². The summed E-state index contributed by atoms with van der Waals surface area (Å²) in [7, 11) is 0. The fourth-order valence-corrected chi connectivity index (χ4v) is 3.61. The zero-order chi connectivity index (χ0) is 18.7. The normalized spacial score (nSPS) is 16.0. The number of anilines is 1. The van der Waals surface area contributed by atoms with E-state index >= 15 is 0 Å². The highest BCUT2D eigenvalue weighted by atomic mass is 19.1. The number of carboxylic acid groups (broad SMARTS) is 1. The minimum atomic E-state index is -1.32. The Kier molecular flexibility index (Phi) is 3.30. The molecule has 1 saturated carbocycles. The summed E-state index contributed by atoms with van der Waals surface area (Å²) in [5, 5.41) is 9.31. The van der Waals surface area contributed by atoms with Gasteiger partial charge in [-0.1, -0.05) is 0 Å². The van der Waals surface area contributed by atoms with Crippen molar-refractivity contribution in [3.8, 4) is 0 Å². The van der Waals surface area contributed by atoms with Gasteiger partial charge in [-0.15, -0.1) is 0 Å². The summed E-state index contributed by atoms with van der Waals surface area (Å²) in [6.45, 7) is 0.994. The molecule has 8 heteroatoms. The number of hydrogen-bond acceptors (Lipinski definition) is 5. The van der Waals surface area contributed by atoms with Crippen LogP contribution in [0.5, 0.6) is 0 Å². The molecule has 1 aliphatic heterocycles. The first kappa shape index (κ1) is 15.9. The Morgan fingerprint density at radius 3 is 2.74 bits per heavy atom. The fourth-order valence-electron chi connectivity index (χ4n) is 3.61. The van der Waals surface area contributed by atoms with Crippen LogP contribution in [-0.2, 0) is 13.1 Å². The molecule has 1 fully saturated rings. The van der Waals surface area contributed by atoms with E-state index < -0.39 is 17.2 Å². The first-order chi connectivity index (χ1) is 13.0. The topological polar surface area (TPSA) is 88.3 Å². The Morgan fingerprint density at radius 2 is 2.04 bits per heavy atom. The molecule has 2 aliphatic rings. The van der Waals surface area contributed by atoms with Crippen LogP contribution in [-0.4, -0.2) is 25.6 Å². The van der Waals surface area contributed by atoms with Crippen molar-refractivity contribution >= 4 is 22.8 Å². The number of halogens is 1. The van der Waals surface area contributed by atoms with Crippen LogP contribution in [0.1, 0.15) is 40.4 Å². The third-order valence-corrected chi connectivity index (χ3v) is 5.14. The lowest BCUT2D eigenvalue weighted by molar-refractivity contribution is 0.0695. The van der Waals surface area contributed by atoms with Crippen molar-refractivity contribution in [1.82, 2.24) is 14.5 Å². The molecule has 136 valence electrons. The van der Waals surface area contributed by atoms with Gasteiger partial charge >= 0.3 is 5.97 Å². The van der Waals surface area contributed by atoms with E-state index in [9.17, 15) is 19.1 Å². The molecule has 27 heavy (non-hydrogen) atoms. The average molecular weight is 366 g/mol. The summed E-state index contributed by atoms with van der Waals surface area (Å²) in [6, 6.07) is 3.11. The molecule has 0 saturated heterocycles. The zero-order valence-electron chi connectivity index (χ0n) is 14.2. The predicted molar refractivity (Wildman–Crippen MR) is 95.3 cm³/mol. The second-order valence-corrected chi connectivity index (χ2v) is 6.98. The second kappa shape index (κ2) is 5.60. The molecule has 3 aromatic rings. The summed E-state index contributed by atoms with van der Waals surface area (Å²) in [6.07, 6.45) is 6.55. The van der Waals surface area contributed by atoms with Crippen LogP contribution in [0.15, 0.2) is 35.5 Å². The maximum Gasteiger partial charge on any atom is 0.341 e.